The zero-order chi connectivity index (χ0) is 12.3. The summed E-state index contributed by atoms with van der Waals surface area (Å²) in [4.78, 5) is 14.5. The van der Waals surface area contributed by atoms with Crippen LogP contribution in [0.4, 0.5) is 5.69 Å². The van der Waals surface area contributed by atoms with Gasteiger partial charge in [0.25, 0.3) is 0 Å². The van der Waals surface area contributed by atoms with Gasteiger partial charge in [-0.25, -0.2) is 4.79 Å². The van der Waals surface area contributed by atoms with Gasteiger partial charge in [-0.1, -0.05) is 6.58 Å². The second-order valence-electron chi connectivity index (χ2n) is 3.68. The molecule has 0 spiro atoms. The number of hydrogen-bond donors (Lipinski definition) is 0. The summed E-state index contributed by atoms with van der Waals surface area (Å²) in [6.45, 7) is 8.64. The van der Waals surface area contributed by atoms with Crippen LogP contribution in [-0.4, -0.2) is 5.97 Å². The first-order chi connectivity index (χ1) is 7.45. The minimum Gasteiger partial charge on any atom is -0.423 e. The van der Waals surface area contributed by atoms with Crippen molar-refractivity contribution in [1.82, 2.24) is 0 Å². The van der Waals surface area contributed by atoms with Crippen LogP contribution in [0, 0.1) is 19.2 Å². The summed E-state index contributed by atoms with van der Waals surface area (Å²) < 4.78 is 5.08. The minimum absolute atomic E-state index is 0.339. The van der Waals surface area contributed by atoms with Crippen molar-refractivity contribution in [2.24, 2.45) is 0 Å². The zero-order valence-electron chi connectivity index (χ0n) is 9.57. The number of carbonyl (C=O) groups is 1. The maximum atomic E-state index is 11.3. The Morgan fingerprint density at radius 3 is 2.25 bits per heavy atom. The summed E-state index contributed by atoms with van der Waals surface area (Å²) in [5, 5.41) is 8.76. The quantitative estimate of drug-likeness (QED) is 0.330. The van der Waals surface area contributed by atoms with Gasteiger partial charge in [-0.2, -0.15) is 0 Å². The molecule has 0 aliphatic rings. The highest BCUT2D eigenvalue weighted by Gasteiger charge is 2.17. The minimum atomic E-state index is -0.465. The molecule has 0 aliphatic carbocycles. The van der Waals surface area contributed by atoms with E-state index in [0.29, 0.717) is 17.0 Å². The van der Waals surface area contributed by atoms with E-state index in [1.165, 1.54) is 0 Å². The molecule has 0 unspecified atom stereocenters. The summed E-state index contributed by atoms with van der Waals surface area (Å²) in [6, 6.07) is 3.28. The van der Waals surface area contributed by atoms with E-state index in [9.17, 15) is 4.79 Å². The first-order valence-corrected chi connectivity index (χ1v) is 4.79. The van der Waals surface area contributed by atoms with Gasteiger partial charge in [0, 0.05) is 16.7 Å². The Hall–Kier alpha value is -2.15. The molecule has 0 N–H and O–H groups in total. The molecule has 0 amide bonds. The van der Waals surface area contributed by atoms with Crippen molar-refractivity contribution in [1.29, 1.82) is 5.39 Å². The molecule has 0 aliphatic heterocycles. The SMILES string of the molecule is C=C(C)C(=O)Oc1cc(C)c([N+]#N)c(C)c1. The molecule has 0 bridgehead atoms. The van der Waals surface area contributed by atoms with Crippen LogP contribution < -0.4 is 4.74 Å². The lowest BCUT2D eigenvalue weighted by molar-refractivity contribution is -0.130. The molecule has 0 heterocycles. The molecule has 1 aromatic carbocycles. The van der Waals surface area contributed by atoms with Gasteiger partial charge >= 0.3 is 11.7 Å². The van der Waals surface area contributed by atoms with E-state index < -0.39 is 5.97 Å². The number of nitrogens with zero attached hydrogens (tertiary/aromatic N) is 2. The summed E-state index contributed by atoms with van der Waals surface area (Å²) in [5.41, 5.74) is 2.32. The molecule has 0 saturated heterocycles. The molecule has 16 heavy (non-hydrogen) atoms. The smallest absolute Gasteiger partial charge is 0.391 e. The third-order valence-corrected chi connectivity index (χ3v) is 2.12. The third-order valence-electron chi connectivity index (χ3n) is 2.12. The summed E-state index contributed by atoms with van der Waals surface area (Å²) in [5.74, 6) is -0.0390. The highest BCUT2D eigenvalue weighted by atomic mass is 16.5. The van der Waals surface area contributed by atoms with Crippen LogP contribution in [0.2, 0.25) is 0 Å². The molecule has 0 atom stereocenters. The van der Waals surface area contributed by atoms with Gasteiger partial charge in [-0.15, -0.1) is 0 Å². The maximum Gasteiger partial charge on any atom is 0.391 e. The van der Waals surface area contributed by atoms with Gasteiger partial charge in [0.15, 0.2) is 4.98 Å². The van der Waals surface area contributed by atoms with E-state index in [0.717, 1.165) is 11.1 Å². The Bertz CT molecular complexity index is 475. The predicted octanol–water partition coefficient (Wildman–Crippen LogP) is 3.27. The van der Waals surface area contributed by atoms with Crippen molar-refractivity contribution in [2.45, 2.75) is 20.8 Å². The number of aryl methyl sites for hydroxylation is 2. The number of rotatable bonds is 2. The van der Waals surface area contributed by atoms with Crippen molar-refractivity contribution < 1.29 is 9.53 Å². The molecule has 4 nitrogen and oxygen atoms in total. The van der Waals surface area contributed by atoms with Gasteiger partial charge < -0.3 is 4.74 Å². The number of ether oxygens (including phenoxy) is 1. The van der Waals surface area contributed by atoms with Gasteiger partial charge in [0.05, 0.1) is 0 Å². The van der Waals surface area contributed by atoms with E-state index in [1.54, 1.807) is 32.9 Å². The van der Waals surface area contributed by atoms with Crippen LogP contribution in [0.5, 0.6) is 5.75 Å². The Labute approximate surface area is 94.2 Å². The molecule has 82 valence electrons. The van der Waals surface area contributed by atoms with Gasteiger partial charge in [-0.3, -0.25) is 0 Å². The summed E-state index contributed by atoms with van der Waals surface area (Å²) >= 11 is 0. The van der Waals surface area contributed by atoms with Crippen molar-refractivity contribution >= 4 is 11.7 Å². The van der Waals surface area contributed by atoms with Crippen LogP contribution in [0.25, 0.3) is 4.98 Å². The van der Waals surface area contributed by atoms with Crippen molar-refractivity contribution in [3.63, 3.8) is 0 Å². The monoisotopic (exact) mass is 217 g/mol. The van der Waals surface area contributed by atoms with E-state index >= 15 is 0 Å². The molecule has 0 radical (unpaired) electrons. The first kappa shape index (κ1) is 11.9. The molecule has 4 heteroatoms. The molecule has 0 saturated carbocycles. The van der Waals surface area contributed by atoms with Crippen molar-refractivity contribution in [3.05, 3.63) is 40.4 Å². The number of carbonyl (C=O) groups excluding carboxylic acids is 1. The van der Waals surface area contributed by atoms with Crippen molar-refractivity contribution in [2.75, 3.05) is 0 Å². The first-order valence-electron chi connectivity index (χ1n) is 4.79. The van der Waals surface area contributed by atoms with Crippen LogP contribution >= 0.6 is 0 Å². The van der Waals surface area contributed by atoms with Crippen LogP contribution in [0.1, 0.15) is 18.1 Å². The van der Waals surface area contributed by atoms with Gasteiger partial charge in [0.1, 0.15) is 5.75 Å². The summed E-state index contributed by atoms with van der Waals surface area (Å²) in [6.07, 6.45) is 0. The summed E-state index contributed by atoms with van der Waals surface area (Å²) in [7, 11) is 0. The average Bonchev–Trinajstić information content (AvgIpc) is 2.16. The fourth-order valence-electron chi connectivity index (χ4n) is 1.33. The number of benzene rings is 1. The molecule has 0 aromatic heterocycles. The molecular weight excluding hydrogens is 204 g/mol. The third kappa shape index (κ3) is 2.45. The lowest BCUT2D eigenvalue weighted by Gasteiger charge is -2.04. The normalized spacial score (nSPS) is 9.38. The van der Waals surface area contributed by atoms with Gasteiger partial charge in [0.2, 0.25) is 5.39 Å². The Kier molecular flexibility index (Phi) is 3.41. The lowest BCUT2D eigenvalue weighted by atomic mass is 10.1. The van der Waals surface area contributed by atoms with Crippen LogP contribution in [0.15, 0.2) is 24.3 Å². The average molecular weight is 217 g/mol. The van der Waals surface area contributed by atoms with E-state index in [2.05, 4.69) is 11.6 Å². The predicted molar refractivity (Wildman–Crippen MR) is 61.1 cm³/mol. The highest BCUT2D eigenvalue weighted by Crippen LogP contribution is 2.28. The number of hydrogen-bond acceptors (Lipinski definition) is 3. The fourth-order valence-corrected chi connectivity index (χ4v) is 1.33. The molecule has 0 fully saturated rings. The topological polar surface area (TPSA) is 54.5 Å². The Morgan fingerprint density at radius 1 is 1.38 bits per heavy atom. The second kappa shape index (κ2) is 4.58. The molecule has 1 rings (SSSR count). The zero-order valence-corrected chi connectivity index (χ0v) is 9.57. The van der Waals surface area contributed by atoms with E-state index in [1.807, 2.05) is 0 Å². The standard InChI is InChI=1S/C12H13N2O2/c1-7(2)12(15)16-10-5-8(3)11(14-13)9(4)6-10/h5-6H,1H2,2-4H3/q+1. The Morgan fingerprint density at radius 2 is 1.88 bits per heavy atom. The lowest BCUT2D eigenvalue weighted by Crippen LogP contribution is -2.08. The van der Waals surface area contributed by atoms with Crippen molar-refractivity contribution in [3.8, 4) is 5.75 Å². The Balaban J connectivity index is 3.06. The maximum absolute atomic E-state index is 11.3. The fraction of sp³-hybridized carbons (Fsp3) is 0.250. The number of esters is 1. The highest BCUT2D eigenvalue weighted by molar-refractivity contribution is 5.88. The van der Waals surface area contributed by atoms with E-state index in [-0.39, 0.29) is 0 Å². The molecular formula is C12H13N2O2+. The second-order valence-corrected chi connectivity index (χ2v) is 3.68. The van der Waals surface area contributed by atoms with E-state index in [4.69, 9.17) is 10.1 Å². The van der Waals surface area contributed by atoms with Gasteiger partial charge in [-0.05, 0) is 32.9 Å². The van der Waals surface area contributed by atoms with Crippen LogP contribution in [-0.2, 0) is 4.79 Å². The number of diazo groups is 1. The largest absolute Gasteiger partial charge is 0.423 e. The van der Waals surface area contributed by atoms with Crippen LogP contribution in [0.3, 0.4) is 0 Å². The molecule has 1 aromatic rings.